The van der Waals surface area contributed by atoms with Crippen molar-refractivity contribution < 1.29 is 0 Å². The minimum absolute atomic E-state index is 0.388. The fourth-order valence-corrected chi connectivity index (χ4v) is 2.34. The zero-order valence-corrected chi connectivity index (χ0v) is 13.5. The van der Waals surface area contributed by atoms with Gasteiger partial charge in [0.2, 0.25) is 0 Å². The Kier molecular flexibility index (Phi) is 6.84. The lowest BCUT2D eigenvalue weighted by atomic mass is 10.0. The van der Waals surface area contributed by atoms with Crippen molar-refractivity contribution in [2.45, 2.75) is 39.3 Å². The van der Waals surface area contributed by atoms with E-state index in [2.05, 4.69) is 50.2 Å². The van der Waals surface area contributed by atoms with Crippen LogP contribution in [0.1, 0.15) is 38.8 Å². The number of rotatable bonds is 7. The number of nitrogens with zero attached hydrogens (tertiary/aromatic N) is 1. The lowest BCUT2D eigenvalue weighted by Crippen LogP contribution is -2.35. The molecular formula is C16H27ClN2. The lowest BCUT2D eigenvalue weighted by molar-refractivity contribution is 0.199. The van der Waals surface area contributed by atoms with Crippen molar-refractivity contribution in [1.82, 2.24) is 10.2 Å². The summed E-state index contributed by atoms with van der Waals surface area (Å²) < 4.78 is 0. The molecule has 0 aliphatic carbocycles. The van der Waals surface area contributed by atoms with E-state index in [4.69, 9.17) is 11.6 Å². The zero-order valence-electron chi connectivity index (χ0n) is 12.8. The van der Waals surface area contributed by atoms with Gasteiger partial charge in [-0.3, -0.25) is 0 Å². The average Bonchev–Trinajstić information content (AvgIpc) is 2.40. The van der Waals surface area contributed by atoms with Crippen LogP contribution in [0.3, 0.4) is 0 Å². The molecule has 19 heavy (non-hydrogen) atoms. The monoisotopic (exact) mass is 282 g/mol. The van der Waals surface area contributed by atoms with Crippen molar-refractivity contribution >= 4 is 11.6 Å². The highest BCUT2D eigenvalue weighted by Gasteiger charge is 2.15. The maximum Gasteiger partial charge on any atom is 0.0406 e. The van der Waals surface area contributed by atoms with Crippen LogP contribution in [0.15, 0.2) is 24.3 Å². The quantitative estimate of drug-likeness (QED) is 0.814. The van der Waals surface area contributed by atoms with E-state index in [1.165, 1.54) is 5.56 Å². The fraction of sp³-hybridized carbons (Fsp3) is 0.625. The van der Waals surface area contributed by atoms with Gasteiger partial charge >= 0.3 is 0 Å². The summed E-state index contributed by atoms with van der Waals surface area (Å²) in [5, 5.41) is 4.19. The summed E-state index contributed by atoms with van der Waals surface area (Å²) in [6.07, 6.45) is 1.10. The van der Waals surface area contributed by atoms with E-state index in [9.17, 15) is 0 Å². The zero-order chi connectivity index (χ0) is 14.4. The molecule has 2 atom stereocenters. The van der Waals surface area contributed by atoms with Crippen molar-refractivity contribution in [3.05, 3.63) is 34.9 Å². The second-order valence-corrected chi connectivity index (χ2v) is 6.08. The van der Waals surface area contributed by atoms with E-state index in [-0.39, 0.29) is 0 Å². The maximum absolute atomic E-state index is 5.93. The van der Waals surface area contributed by atoms with Crippen LogP contribution in [0.2, 0.25) is 5.02 Å². The molecule has 0 spiro atoms. The highest BCUT2D eigenvalue weighted by molar-refractivity contribution is 6.30. The van der Waals surface area contributed by atoms with Crippen LogP contribution in [0, 0.1) is 5.92 Å². The SMILES string of the molecule is CNC(CCN(C)C(C)C(C)C)c1ccc(Cl)cc1. The van der Waals surface area contributed by atoms with Gasteiger partial charge in [0.15, 0.2) is 0 Å². The average molecular weight is 283 g/mol. The van der Waals surface area contributed by atoms with Crippen molar-refractivity contribution in [2.75, 3.05) is 20.6 Å². The summed E-state index contributed by atoms with van der Waals surface area (Å²) in [6, 6.07) is 9.13. The third kappa shape index (κ3) is 5.13. The van der Waals surface area contributed by atoms with E-state index in [0.29, 0.717) is 18.0 Å². The summed E-state index contributed by atoms with van der Waals surface area (Å²) in [5.41, 5.74) is 1.30. The van der Waals surface area contributed by atoms with Gasteiger partial charge in [0.05, 0.1) is 0 Å². The molecule has 0 amide bonds. The second-order valence-electron chi connectivity index (χ2n) is 5.65. The molecule has 0 saturated carbocycles. The van der Waals surface area contributed by atoms with Crippen molar-refractivity contribution in [3.8, 4) is 0 Å². The van der Waals surface area contributed by atoms with Crippen LogP contribution >= 0.6 is 11.6 Å². The Morgan fingerprint density at radius 1 is 1.16 bits per heavy atom. The van der Waals surface area contributed by atoms with E-state index in [1.54, 1.807) is 0 Å². The van der Waals surface area contributed by atoms with E-state index < -0.39 is 0 Å². The summed E-state index contributed by atoms with van der Waals surface area (Å²) in [7, 11) is 4.23. The molecular weight excluding hydrogens is 256 g/mol. The first-order chi connectivity index (χ1) is 8.95. The second kappa shape index (κ2) is 7.88. The largest absolute Gasteiger partial charge is 0.313 e. The first-order valence-corrected chi connectivity index (χ1v) is 7.46. The van der Waals surface area contributed by atoms with Gasteiger partial charge in [-0.05, 0) is 57.6 Å². The highest BCUT2D eigenvalue weighted by atomic mass is 35.5. The summed E-state index contributed by atoms with van der Waals surface area (Å²) in [5.74, 6) is 0.688. The molecule has 0 radical (unpaired) electrons. The summed E-state index contributed by atoms with van der Waals surface area (Å²) in [4.78, 5) is 2.44. The smallest absolute Gasteiger partial charge is 0.0406 e. The van der Waals surface area contributed by atoms with Gasteiger partial charge in [-0.1, -0.05) is 37.6 Å². The molecule has 0 bridgehead atoms. The van der Waals surface area contributed by atoms with Crippen LogP contribution in [-0.2, 0) is 0 Å². The molecule has 1 rings (SSSR count). The molecule has 1 aromatic rings. The van der Waals surface area contributed by atoms with E-state index >= 15 is 0 Å². The Morgan fingerprint density at radius 2 is 1.74 bits per heavy atom. The Morgan fingerprint density at radius 3 is 2.21 bits per heavy atom. The minimum atomic E-state index is 0.388. The third-order valence-corrected chi connectivity index (χ3v) is 4.30. The number of nitrogens with one attached hydrogen (secondary N) is 1. The van der Waals surface area contributed by atoms with E-state index in [0.717, 1.165) is 18.0 Å². The third-order valence-electron chi connectivity index (χ3n) is 4.05. The fourth-order valence-electron chi connectivity index (χ4n) is 2.22. The van der Waals surface area contributed by atoms with Gasteiger partial charge in [0.25, 0.3) is 0 Å². The molecule has 2 unspecified atom stereocenters. The van der Waals surface area contributed by atoms with Crippen LogP contribution in [0.5, 0.6) is 0 Å². The molecule has 0 saturated heterocycles. The van der Waals surface area contributed by atoms with Gasteiger partial charge in [-0.15, -0.1) is 0 Å². The first kappa shape index (κ1) is 16.5. The molecule has 1 N–H and O–H groups in total. The molecule has 0 heterocycles. The molecule has 0 aliphatic heterocycles. The number of benzene rings is 1. The number of hydrogen-bond donors (Lipinski definition) is 1. The summed E-state index contributed by atoms with van der Waals surface area (Å²) >= 11 is 5.93. The lowest BCUT2D eigenvalue weighted by Gasteiger charge is -2.29. The van der Waals surface area contributed by atoms with Crippen molar-refractivity contribution in [3.63, 3.8) is 0 Å². The van der Waals surface area contributed by atoms with Crippen molar-refractivity contribution in [2.24, 2.45) is 5.92 Å². The Balaban J connectivity index is 2.56. The van der Waals surface area contributed by atoms with Crippen LogP contribution in [0.25, 0.3) is 0 Å². The molecule has 0 aliphatic rings. The van der Waals surface area contributed by atoms with Gasteiger partial charge in [-0.25, -0.2) is 0 Å². The molecule has 1 aromatic carbocycles. The first-order valence-electron chi connectivity index (χ1n) is 7.08. The molecule has 0 aromatic heterocycles. The Labute approximate surface area is 123 Å². The minimum Gasteiger partial charge on any atom is -0.313 e. The maximum atomic E-state index is 5.93. The topological polar surface area (TPSA) is 15.3 Å². The van der Waals surface area contributed by atoms with Gasteiger partial charge in [0.1, 0.15) is 0 Å². The molecule has 108 valence electrons. The number of halogens is 1. The van der Waals surface area contributed by atoms with Crippen LogP contribution < -0.4 is 5.32 Å². The highest BCUT2D eigenvalue weighted by Crippen LogP contribution is 2.20. The predicted molar refractivity (Wildman–Crippen MR) is 84.8 cm³/mol. The molecule has 3 heteroatoms. The Hall–Kier alpha value is -0.570. The molecule has 2 nitrogen and oxygen atoms in total. The van der Waals surface area contributed by atoms with E-state index in [1.807, 2.05) is 19.2 Å². The number of hydrogen-bond acceptors (Lipinski definition) is 2. The summed E-state index contributed by atoms with van der Waals surface area (Å²) in [6.45, 7) is 7.93. The van der Waals surface area contributed by atoms with Crippen molar-refractivity contribution in [1.29, 1.82) is 0 Å². The van der Waals surface area contributed by atoms with Crippen LogP contribution in [-0.4, -0.2) is 31.6 Å². The molecule has 0 fully saturated rings. The predicted octanol–water partition coefficient (Wildman–Crippen LogP) is 3.97. The normalized spacial score (nSPS) is 14.9. The van der Waals surface area contributed by atoms with Gasteiger partial charge in [0, 0.05) is 17.1 Å². The standard InChI is InChI=1S/C16H27ClN2/c1-12(2)13(3)19(5)11-10-16(18-4)14-6-8-15(17)9-7-14/h6-9,12-13,16,18H,10-11H2,1-5H3. The van der Waals surface area contributed by atoms with Crippen LogP contribution in [0.4, 0.5) is 0 Å². The Bertz CT molecular complexity index is 362. The van der Waals surface area contributed by atoms with Gasteiger partial charge in [-0.2, -0.15) is 0 Å². The van der Waals surface area contributed by atoms with Gasteiger partial charge < -0.3 is 10.2 Å².